The molecule has 1 saturated heterocycles. The van der Waals surface area contributed by atoms with Crippen molar-refractivity contribution in [1.82, 2.24) is 0 Å². The molecule has 0 radical (unpaired) electrons. The van der Waals surface area contributed by atoms with E-state index in [9.17, 15) is 14.7 Å². The normalized spacial score (nSPS) is 17.2. The van der Waals surface area contributed by atoms with E-state index >= 15 is 0 Å². The zero-order chi connectivity index (χ0) is 25.3. The number of aliphatic hydroxyl groups is 1. The summed E-state index contributed by atoms with van der Waals surface area (Å²) < 4.78 is 5.73. The van der Waals surface area contributed by atoms with Gasteiger partial charge in [0.25, 0.3) is 11.7 Å². The molecular weight excluding hydrogens is 440 g/mol. The minimum atomic E-state index is -0.774. The number of carbonyl (C=O) groups is 2. The van der Waals surface area contributed by atoms with Crippen molar-refractivity contribution in [2.75, 3.05) is 23.9 Å². The predicted molar refractivity (Wildman–Crippen MR) is 139 cm³/mol. The van der Waals surface area contributed by atoms with Crippen molar-refractivity contribution in [2.45, 2.75) is 32.9 Å². The second-order valence-corrected chi connectivity index (χ2v) is 9.18. The SMILES string of the molecule is Cc1ccc(/C(O)=C2/C(=O)C(=O)N(c3ccc(OC(C)C)cc3)C2c2ccc(N(C)C)cc2)cc1. The van der Waals surface area contributed by atoms with E-state index in [2.05, 4.69) is 0 Å². The van der Waals surface area contributed by atoms with E-state index in [0.29, 0.717) is 17.0 Å². The Hall–Kier alpha value is -4.06. The summed E-state index contributed by atoms with van der Waals surface area (Å²) in [6.45, 7) is 5.82. The Balaban J connectivity index is 1.86. The largest absolute Gasteiger partial charge is 0.507 e. The van der Waals surface area contributed by atoms with Gasteiger partial charge in [-0.25, -0.2) is 0 Å². The molecule has 1 heterocycles. The summed E-state index contributed by atoms with van der Waals surface area (Å²) >= 11 is 0. The molecule has 0 spiro atoms. The van der Waals surface area contributed by atoms with Gasteiger partial charge in [-0.2, -0.15) is 0 Å². The smallest absolute Gasteiger partial charge is 0.300 e. The Labute approximate surface area is 206 Å². The highest BCUT2D eigenvalue weighted by Gasteiger charge is 2.47. The highest BCUT2D eigenvalue weighted by atomic mass is 16.5. The zero-order valence-corrected chi connectivity index (χ0v) is 20.6. The third-order valence-corrected chi connectivity index (χ3v) is 5.98. The molecule has 1 amide bonds. The summed E-state index contributed by atoms with van der Waals surface area (Å²) in [7, 11) is 3.89. The number of anilines is 2. The summed E-state index contributed by atoms with van der Waals surface area (Å²) in [5.41, 5.74) is 3.85. The van der Waals surface area contributed by atoms with Gasteiger partial charge in [-0.3, -0.25) is 14.5 Å². The Bertz CT molecular complexity index is 1260. The van der Waals surface area contributed by atoms with E-state index in [0.717, 1.165) is 16.8 Å². The lowest BCUT2D eigenvalue weighted by Crippen LogP contribution is -2.29. The van der Waals surface area contributed by atoms with Crippen LogP contribution in [0.5, 0.6) is 5.75 Å². The molecule has 0 aliphatic carbocycles. The lowest BCUT2D eigenvalue weighted by molar-refractivity contribution is -0.132. The van der Waals surface area contributed by atoms with E-state index in [4.69, 9.17) is 4.74 Å². The standard InChI is InChI=1S/C29H30N2O4/c1-18(2)35-24-16-14-23(15-17-24)31-26(20-10-12-22(13-11-20)30(4)5)25(28(33)29(31)34)27(32)21-8-6-19(3)7-9-21/h6-18,26,32H,1-5H3/b27-25-. The van der Waals surface area contributed by atoms with Gasteiger partial charge >= 0.3 is 0 Å². The maximum atomic E-state index is 13.3. The van der Waals surface area contributed by atoms with Gasteiger partial charge in [0.15, 0.2) is 0 Å². The number of benzene rings is 3. The molecule has 180 valence electrons. The van der Waals surface area contributed by atoms with Crippen LogP contribution in [0.1, 0.15) is 36.6 Å². The van der Waals surface area contributed by atoms with Crippen molar-refractivity contribution in [1.29, 1.82) is 0 Å². The molecule has 1 aliphatic heterocycles. The van der Waals surface area contributed by atoms with Gasteiger partial charge in [0, 0.05) is 31.0 Å². The maximum Gasteiger partial charge on any atom is 0.300 e. The molecule has 1 fully saturated rings. The van der Waals surface area contributed by atoms with Crippen LogP contribution in [0.2, 0.25) is 0 Å². The molecule has 6 nitrogen and oxygen atoms in total. The lowest BCUT2D eigenvalue weighted by Gasteiger charge is -2.26. The van der Waals surface area contributed by atoms with E-state index in [1.165, 1.54) is 4.90 Å². The van der Waals surface area contributed by atoms with Gasteiger partial charge < -0.3 is 14.7 Å². The molecule has 3 aromatic rings. The second-order valence-electron chi connectivity index (χ2n) is 9.18. The Morgan fingerprint density at radius 1 is 0.914 bits per heavy atom. The topological polar surface area (TPSA) is 70.1 Å². The number of amides is 1. The Kier molecular flexibility index (Phi) is 6.65. The molecule has 1 N–H and O–H groups in total. The van der Waals surface area contributed by atoms with E-state index in [1.807, 2.05) is 76.2 Å². The lowest BCUT2D eigenvalue weighted by atomic mass is 9.94. The first-order chi connectivity index (χ1) is 16.7. The Morgan fingerprint density at radius 2 is 1.51 bits per heavy atom. The first-order valence-corrected chi connectivity index (χ1v) is 11.6. The van der Waals surface area contributed by atoms with Crippen LogP contribution in [0, 0.1) is 6.92 Å². The number of hydrogen-bond donors (Lipinski definition) is 1. The molecular formula is C29H30N2O4. The minimum absolute atomic E-state index is 0.0137. The van der Waals surface area contributed by atoms with Crippen LogP contribution >= 0.6 is 0 Å². The number of Topliss-reactive ketones (excluding diaryl/α,β-unsaturated/α-hetero) is 1. The van der Waals surface area contributed by atoms with Crippen molar-refractivity contribution < 1.29 is 19.4 Å². The number of hydrogen-bond acceptors (Lipinski definition) is 5. The van der Waals surface area contributed by atoms with Crippen LogP contribution in [-0.4, -0.2) is 37.0 Å². The summed E-state index contributed by atoms with van der Waals surface area (Å²) in [6.07, 6.45) is 0.0137. The Morgan fingerprint density at radius 3 is 2.06 bits per heavy atom. The number of ether oxygens (including phenoxy) is 1. The van der Waals surface area contributed by atoms with Gasteiger partial charge in [-0.1, -0.05) is 42.0 Å². The number of aliphatic hydroxyl groups excluding tert-OH is 1. The van der Waals surface area contributed by atoms with Gasteiger partial charge in [-0.15, -0.1) is 0 Å². The molecule has 3 aromatic carbocycles. The quantitative estimate of drug-likeness (QED) is 0.294. The van der Waals surface area contributed by atoms with Crippen molar-refractivity contribution in [3.8, 4) is 5.75 Å². The summed E-state index contributed by atoms with van der Waals surface area (Å²) in [6, 6.07) is 21.2. The summed E-state index contributed by atoms with van der Waals surface area (Å²) in [5.74, 6) is -0.913. The number of aryl methyl sites for hydroxylation is 1. The van der Waals surface area contributed by atoms with Crippen LogP contribution < -0.4 is 14.5 Å². The minimum Gasteiger partial charge on any atom is -0.507 e. The van der Waals surface area contributed by atoms with Crippen LogP contribution in [0.4, 0.5) is 11.4 Å². The fourth-order valence-electron chi connectivity index (χ4n) is 4.19. The molecule has 35 heavy (non-hydrogen) atoms. The molecule has 1 unspecified atom stereocenters. The highest BCUT2D eigenvalue weighted by Crippen LogP contribution is 2.42. The zero-order valence-electron chi connectivity index (χ0n) is 20.6. The molecule has 0 saturated carbocycles. The first kappa shape index (κ1) is 24.1. The average Bonchev–Trinajstić information content (AvgIpc) is 3.10. The van der Waals surface area contributed by atoms with Crippen molar-refractivity contribution in [3.05, 3.63) is 95.1 Å². The second kappa shape index (κ2) is 9.66. The molecule has 1 aliphatic rings. The highest BCUT2D eigenvalue weighted by molar-refractivity contribution is 6.51. The van der Waals surface area contributed by atoms with E-state index < -0.39 is 17.7 Å². The predicted octanol–water partition coefficient (Wildman–Crippen LogP) is 5.47. The molecule has 0 aromatic heterocycles. The van der Waals surface area contributed by atoms with Gasteiger partial charge in [-0.05, 0) is 62.7 Å². The first-order valence-electron chi connectivity index (χ1n) is 11.6. The number of carbonyl (C=O) groups excluding carboxylic acids is 2. The molecule has 4 rings (SSSR count). The van der Waals surface area contributed by atoms with Crippen LogP contribution in [-0.2, 0) is 9.59 Å². The summed E-state index contributed by atoms with van der Waals surface area (Å²) in [4.78, 5) is 30.0. The van der Waals surface area contributed by atoms with E-state index in [1.54, 1.807) is 36.4 Å². The van der Waals surface area contributed by atoms with Gasteiger partial charge in [0.05, 0.1) is 17.7 Å². The van der Waals surface area contributed by atoms with E-state index in [-0.39, 0.29) is 17.4 Å². The van der Waals surface area contributed by atoms with Crippen molar-refractivity contribution >= 4 is 28.8 Å². The molecule has 6 heteroatoms. The van der Waals surface area contributed by atoms with Crippen LogP contribution in [0.15, 0.2) is 78.4 Å². The van der Waals surface area contributed by atoms with Crippen molar-refractivity contribution in [2.24, 2.45) is 0 Å². The molecule has 0 bridgehead atoms. The third-order valence-electron chi connectivity index (χ3n) is 5.98. The third kappa shape index (κ3) is 4.78. The van der Waals surface area contributed by atoms with Crippen LogP contribution in [0.25, 0.3) is 5.76 Å². The van der Waals surface area contributed by atoms with Gasteiger partial charge in [0.1, 0.15) is 11.5 Å². The molecule has 1 atom stereocenters. The maximum absolute atomic E-state index is 13.3. The average molecular weight is 471 g/mol. The van der Waals surface area contributed by atoms with Gasteiger partial charge in [0.2, 0.25) is 0 Å². The number of ketones is 1. The fourth-order valence-corrected chi connectivity index (χ4v) is 4.19. The number of rotatable bonds is 6. The number of nitrogens with zero attached hydrogens (tertiary/aromatic N) is 2. The summed E-state index contributed by atoms with van der Waals surface area (Å²) in [5, 5.41) is 11.2. The monoisotopic (exact) mass is 470 g/mol. The van der Waals surface area contributed by atoms with Crippen molar-refractivity contribution in [3.63, 3.8) is 0 Å². The van der Waals surface area contributed by atoms with Crippen LogP contribution in [0.3, 0.4) is 0 Å². The fraction of sp³-hybridized carbons (Fsp3) is 0.241.